The van der Waals surface area contributed by atoms with Crippen molar-refractivity contribution in [2.75, 3.05) is 11.9 Å². The van der Waals surface area contributed by atoms with Crippen molar-refractivity contribution < 1.29 is 32.6 Å². The first-order valence-corrected chi connectivity index (χ1v) is 8.19. The van der Waals surface area contributed by atoms with E-state index in [-0.39, 0.29) is 11.3 Å². The molecule has 6 nitrogen and oxygen atoms in total. The number of halogens is 2. The number of amides is 1. The van der Waals surface area contributed by atoms with Crippen LogP contribution in [0.2, 0.25) is 0 Å². The van der Waals surface area contributed by atoms with Gasteiger partial charge in [0.2, 0.25) is 0 Å². The fourth-order valence-electron chi connectivity index (χ4n) is 2.14. The summed E-state index contributed by atoms with van der Waals surface area (Å²) < 4.78 is 39.0. The van der Waals surface area contributed by atoms with Gasteiger partial charge in [-0.15, -0.1) is 0 Å². The fourth-order valence-corrected chi connectivity index (χ4v) is 2.14. The molecule has 0 aliphatic rings. The minimum atomic E-state index is -2.95. The van der Waals surface area contributed by atoms with E-state index < -0.39 is 24.6 Å². The van der Waals surface area contributed by atoms with E-state index in [1.807, 2.05) is 6.92 Å². The molecule has 144 valence electrons. The van der Waals surface area contributed by atoms with Crippen LogP contribution < -0.4 is 14.8 Å². The molecule has 0 saturated heterocycles. The third kappa shape index (κ3) is 5.95. The highest BCUT2D eigenvalue weighted by atomic mass is 19.3. The van der Waals surface area contributed by atoms with E-state index in [4.69, 9.17) is 9.47 Å². The number of ether oxygens (including phenoxy) is 3. The Balaban J connectivity index is 1.96. The van der Waals surface area contributed by atoms with Crippen molar-refractivity contribution in [3.63, 3.8) is 0 Å². The molecule has 1 atom stereocenters. The monoisotopic (exact) mass is 379 g/mol. The van der Waals surface area contributed by atoms with Crippen LogP contribution in [0.1, 0.15) is 24.2 Å². The molecule has 0 aliphatic carbocycles. The molecule has 0 aliphatic heterocycles. The van der Waals surface area contributed by atoms with Crippen LogP contribution in [0, 0.1) is 0 Å². The Hall–Kier alpha value is -3.16. The Morgan fingerprint density at radius 1 is 1.07 bits per heavy atom. The van der Waals surface area contributed by atoms with Gasteiger partial charge in [-0.3, -0.25) is 4.79 Å². The Morgan fingerprint density at radius 3 is 2.37 bits per heavy atom. The van der Waals surface area contributed by atoms with Crippen molar-refractivity contribution in [2.45, 2.75) is 26.6 Å². The molecule has 0 aromatic heterocycles. The van der Waals surface area contributed by atoms with E-state index in [0.717, 1.165) is 0 Å². The lowest BCUT2D eigenvalue weighted by molar-refractivity contribution is -0.123. The molecule has 0 bridgehead atoms. The van der Waals surface area contributed by atoms with Crippen LogP contribution in [0.25, 0.3) is 0 Å². The van der Waals surface area contributed by atoms with Gasteiger partial charge in [-0.05, 0) is 50.2 Å². The zero-order valence-electron chi connectivity index (χ0n) is 14.8. The number of rotatable bonds is 8. The van der Waals surface area contributed by atoms with Crippen molar-refractivity contribution in [2.24, 2.45) is 0 Å². The first kappa shape index (κ1) is 20.2. The lowest BCUT2D eigenvalue weighted by atomic mass is 10.2. The molecule has 0 unspecified atom stereocenters. The van der Waals surface area contributed by atoms with E-state index in [0.29, 0.717) is 18.0 Å². The van der Waals surface area contributed by atoms with E-state index in [9.17, 15) is 18.4 Å². The molecule has 0 spiro atoms. The van der Waals surface area contributed by atoms with Crippen molar-refractivity contribution in [1.82, 2.24) is 0 Å². The van der Waals surface area contributed by atoms with E-state index in [1.165, 1.54) is 31.2 Å². The molecule has 2 aromatic carbocycles. The zero-order valence-corrected chi connectivity index (χ0v) is 14.8. The summed E-state index contributed by atoms with van der Waals surface area (Å²) in [5.41, 5.74) is 0.562. The molecule has 0 saturated carbocycles. The van der Waals surface area contributed by atoms with Crippen molar-refractivity contribution in [1.29, 1.82) is 0 Å². The van der Waals surface area contributed by atoms with Crippen LogP contribution in [0.3, 0.4) is 0 Å². The maximum Gasteiger partial charge on any atom is 0.387 e. The minimum absolute atomic E-state index is 0.0835. The van der Waals surface area contributed by atoms with Crippen LogP contribution >= 0.6 is 0 Å². The molecule has 0 radical (unpaired) electrons. The second kappa shape index (κ2) is 9.51. The number of anilines is 1. The Bertz CT molecular complexity index is 780. The van der Waals surface area contributed by atoms with Gasteiger partial charge in [0.25, 0.3) is 5.91 Å². The Morgan fingerprint density at radius 2 is 1.74 bits per heavy atom. The number of para-hydroxylation sites is 2. The number of hydrogen-bond donors (Lipinski definition) is 1. The van der Waals surface area contributed by atoms with Crippen LogP contribution in [-0.4, -0.2) is 31.2 Å². The Labute approximate surface area is 155 Å². The molecule has 27 heavy (non-hydrogen) atoms. The van der Waals surface area contributed by atoms with E-state index in [2.05, 4.69) is 10.1 Å². The predicted molar refractivity (Wildman–Crippen MR) is 94.2 cm³/mol. The maximum atomic E-state index is 12.3. The average molecular weight is 379 g/mol. The Kier molecular flexibility index (Phi) is 7.10. The van der Waals surface area contributed by atoms with Gasteiger partial charge < -0.3 is 19.5 Å². The summed E-state index contributed by atoms with van der Waals surface area (Å²) in [5, 5.41) is 2.64. The molecule has 2 rings (SSSR count). The number of carbonyl (C=O) groups excluding carboxylic acids is 2. The second-order valence-corrected chi connectivity index (χ2v) is 5.37. The van der Waals surface area contributed by atoms with Crippen molar-refractivity contribution in [3.05, 3.63) is 54.1 Å². The number of carbonyl (C=O) groups is 2. The molecular formula is C19H19F2NO5. The summed E-state index contributed by atoms with van der Waals surface area (Å²) in [6, 6.07) is 11.9. The third-order valence-corrected chi connectivity index (χ3v) is 3.41. The number of nitrogens with one attached hydrogen (secondary N) is 1. The molecule has 0 heterocycles. The van der Waals surface area contributed by atoms with Crippen molar-refractivity contribution in [3.8, 4) is 11.5 Å². The van der Waals surface area contributed by atoms with Crippen molar-refractivity contribution >= 4 is 17.6 Å². The normalized spacial score (nSPS) is 11.6. The molecular weight excluding hydrogens is 360 g/mol. The lowest BCUT2D eigenvalue weighted by Crippen LogP contribution is -2.30. The third-order valence-electron chi connectivity index (χ3n) is 3.41. The molecule has 1 amide bonds. The quantitative estimate of drug-likeness (QED) is 0.705. The highest BCUT2D eigenvalue weighted by molar-refractivity contribution is 5.98. The van der Waals surface area contributed by atoms with Gasteiger partial charge in [-0.1, -0.05) is 12.1 Å². The van der Waals surface area contributed by atoms with Crippen LogP contribution in [-0.2, 0) is 9.53 Å². The summed E-state index contributed by atoms with van der Waals surface area (Å²) in [6.07, 6.45) is -1.08. The number of alkyl halides is 2. The van der Waals surface area contributed by atoms with Crippen LogP contribution in [0.5, 0.6) is 11.5 Å². The second-order valence-electron chi connectivity index (χ2n) is 5.37. The van der Waals surface area contributed by atoms with Crippen LogP contribution in [0.4, 0.5) is 14.5 Å². The predicted octanol–water partition coefficient (Wildman–Crippen LogP) is 3.87. The largest absolute Gasteiger partial charge is 0.492 e. The minimum Gasteiger partial charge on any atom is -0.492 e. The first-order valence-electron chi connectivity index (χ1n) is 8.19. The summed E-state index contributed by atoms with van der Waals surface area (Å²) in [4.78, 5) is 24.4. The molecule has 2 aromatic rings. The highest BCUT2D eigenvalue weighted by Crippen LogP contribution is 2.24. The molecule has 1 N–H and O–H groups in total. The highest BCUT2D eigenvalue weighted by Gasteiger charge is 2.20. The average Bonchev–Trinajstić information content (AvgIpc) is 2.63. The van der Waals surface area contributed by atoms with Gasteiger partial charge in [0.1, 0.15) is 11.5 Å². The standard InChI is InChI=1S/C19H19F2NO5/c1-3-25-16-7-5-4-6-15(16)22-17(23)12(2)26-18(24)13-8-10-14(11-9-13)27-19(20)21/h4-12,19H,3H2,1-2H3,(H,22,23)/t12-/m0/s1. The van der Waals surface area contributed by atoms with Gasteiger partial charge in [-0.2, -0.15) is 8.78 Å². The van der Waals surface area contributed by atoms with Crippen LogP contribution in [0.15, 0.2) is 48.5 Å². The van der Waals surface area contributed by atoms with E-state index >= 15 is 0 Å². The van der Waals surface area contributed by atoms with Gasteiger partial charge >= 0.3 is 12.6 Å². The number of esters is 1. The van der Waals surface area contributed by atoms with E-state index in [1.54, 1.807) is 24.3 Å². The number of hydrogen-bond acceptors (Lipinski definition) is 5. The summed E-state index contributed by atoms with van der Waals surface area (Å²) in [7, 11) is 0. The lowest BCUT2D eigenvalue weighted by Gasteiger charge is -2.15. The molecule has 0 fully saturated rings. The number of benzene rings is 2. The van der Waals surface area contributed by atoms with Gasteiger partial charge in [0.05, 0.1) is 17.9 Å². The van der Waals surface area contributed by atoms with Gasteiger partial charge in [0.15, 0.2) is 6.10 Å². The summed E-state index contributed by atoms with van der Waals surface area (Å²) in [6.45, 7) is 0.722. The fraction of sp³-hybridized carbons (Fsp3) is 0.263. The summed E-state index contributed by atoms with van der Waals surface area (Å²) in [5.74, 6) is -0.881. The first-order chi connectivity index (χ1) is 12.9. The zero-order chi connectivity index (χ0) is 19.8. The SMILES string of the molecule is CCOc1ccccc1NC(=O)[C@H](C)OC(=O)c1ccc(OC(F)F)cc1. The topological polar surface area (TPSA) is 73.9 Å². The van der Waals surface area contributed by atoms with Gasteiger partial charge in [0, 0.05) is 0 Å². The smallest absolute Gasteiger partial charge is 0.387 e. The molecule has 8 heteroatoms. The summed E-state index contributed by atoms with van der Waals surface area (Å²) >= 11 is 0. The van der Waals surface area contributed by atoms with Gasteiger partial charge in [-0.25, -0.2) is 4.79 Å². The maximum absolute atomic E-state index is 12.3.